The largest absolute Gasteiger partial charge is 0.578 e. The van der Waals surface area contributed by atoms with Gasteiger partial charge in [0.1, 0.15) is 25.2 Å². The first-order chi connectivity index (χ1) is 17.0. The van der Waals surface area contributed by atoms with Crippen LogP contribution in [0.4, 0.5) is 0 Å². The van der Waals surface area contributed by atoms with E-state index in [9.17, 15) is 9.90 Å². The fraction of sp³-hybridized carbons (Fsp3) is 0.148. The number of carbonyl (C=O) groups is 1. The van der Waals surface area contributed by atoms with E-state index in [4.69, 9.17) is 14.1 Å². The third kappa shape index (κ3) is 5.86. The third-order valence-electron chi connectivity index (χ3n) is 5.27. The summed E-state index contributed by atoms with van der Waals surface area (Å²) in [5.41, 5.74) is 3.77. The predicted octanol–water partition coefficient (Wildman–Crippen LogP) is 5.22. The molecule has 0 amide bonds. The summed E-state index contributed by atoms with van der Waals surface area (Å²) in [5, 5.41) is 17.0. The average molecular weight is 474 g/mol. The van der Waals surface area contributed by atoms with Gasteiger partial charge in [-0.1, -0.05) is 52.8 Å². The van der Waals surface area contributed by atoms with Crippen molar-refractivity contribution in [1.82, 2.24) is 5.16 Å². The van der Waals surface area contributed by atoms with Crippen LogP contribution in [0, 0.1) is 6.92 Å². The molecule has 0 radical (unpaired) electrons. The average Bonchev–Trinajstić information content (AvgIpc) is 3.28. The van der Waals surface area contributed by atoms with E-state index >= 15 is 0 Å². The maximum atomic E-state index is 11.4. The molecule has 0 saturated heterocycles. The highest BCUT2D eigenvalue weighted by atomic mass is 16.6. The Hall–Kier alpha value is -4.59. The number of nitrogens with zero attached hydrogens (tertiary/aromatic N) is 2. The quantitative estimate of drug-likeness (QED) is 0.192. The Bertz CT molecular complexity index is 1300. The van der Waals surface area contributed by atoms with E-state index in [1.807, 2.05) is 54.6 Å². The number of carboxylic acid groups (broad SMARTS) is 1. The molecule has 1 heterocycles. The summed E-state index contributed by atoms with van der Waals surface area (Å²) in [4.78, 5) is 16.3. The SMILES string of the molecule is CO/N=C(/C[OH+]c1ccc(COc2ccc(-c3c(C(=O)O)noc3C)cc2)cc1)c1ccccc1. The van der Waals surface area contributed by atoms with Gasteiger partial charge >= 0.3 is 5.97 Å². The third-order valence-corrected chi connectivity index (χ3v) is 5.27. The summed E-state index contributed by atoms with van der Waals surface area (Å²) in [5.74, 6) is 0.813. The van der Waals surface area contributed by atoms with E-state index in [1.165, 1.54) is 7.11 Å². The van der Waals surface area contributed by atoms with Crippen LogP contribution < -0.4 is 4.74 Å². The van der Waals surface area contributed by atoms with E-state index in [1.54, 1.807) is 31.2 Å². The first-order valence-corrected chi connectivity index (χ1v) is 10.9. The highest BCUT2D eigenvalue weighted by Gasteiger charge is 2.20. The Balaban J connectivity index is 1.34. The number of aromatic hydroxyl groups is 1. The zero-order chi connectivity index (χ0) is 24.6. The van der Waals surface area contributed by atoms with E-state index in [0.717, 1.165) is 22.6 Å². The van der Waals surface area contributed by atoms with Gasteiger partial charge in [-0.05, 0) is 42.3 Å². The van der Waals surface area contributed by atoms with E-state index in [2.05, 4.69) is 15.0 Å². The minimum absolute atomic E-state index is 0.106. The number of carboxylic acids is 1. The summed E-state index contributed by atoms with van der Waals surface area (Å²) in [7, 11) is 1.52. The summed E-state index contributed by atoms with van der Waals surface area (Å²) >= 11 is 0. The summed E-state index contributed by atoms with van der Waals surface area (Å²) < 4.78 is 15.5. The van der Waals surface area contributed by atoms with Crippen molar-refractivity contribution in [2.45, 2.75) is 13.5 Å². The summed E-state index contributed by atoms with van der Waals surface area (Å²) in [6, 6.07) is 24.7. The van der Waals surface area contributed by atoms with Gasteiger partial charge in [0.05, 0.1) is 5.56 Å². The van der Waals surface area contributed by atoms with Gasteiger partial charge in [-0.2, -0.15) is 0 Å². The number of aliphatic hydroxyl groups is 1. The lowest BCUT2D eigenvalue weighted by molar-refractivity contribution is 0.0686. The maximum Gasteiger partial charge on any atom is 0.358 e. The van der Waals surface area contributed by atoms with Gasteiger partial charge < -0.3 is 23.9 Å². The first-order valence-electron chi connectivity index (χ1n) is 10.9. The van der Waals surface area contributed by atoms with Crippen LogP contribution in [0.2, 0.25) is 0 Å². The molecule has 4 rings (SSSR count). The number of ether oxygens (including phenoxy) is 2. The highest BCUT2D eigenvalue weighted by Crippen LogP contribution is 2.29. The molecule has 0 spiro atoms. The Labute approximate surface area is 202 Å². The molecule has 8 nitrogen and oxygen atoms in total. The second-order valence-electron chi connectivity index (χ2n) is 7.65. The molecule has 0 bridgehead atoms. The van der Waals surface area contributed by atoms with Crippen LogP contribution in [-0.2, 0) is 11.4 Å². The molecule has 0 aliphatic rings. The van der Waals surface area contributed by atoms with Crippen LogP contribution in [0.15, 0.2) is 88.5 Å². The number of rotatable bonds is 10. The molecular weight excluding hydrogens is 448 g/mol. The molecule has 0 atom stereocenters. The van der Waals surface area contributed by atoms with Gasteiger partial charge in [0.25, 0.3) is 5.75 Å². The van der Waals surface area contributed by atoms with Crippen LogP contribution in [-0.4, -0.2) is 40.4 Å². The molecule has 8 heteroatoms. The van der Waals surface area contributed by atoms with Crippen molar-refractivity contribution in [3.63, 3.8) is 0 Å². The van der Waals surface area contributed by atoms with Crippen molar-refractivity contribution < 1.29 is 28.7 Å². The minimum Gasteiger partial charge on any atom is -0.578 e. The molecule has 2 N–H and O–H groups in total. The van der Waals surface area contributed by atoms with Crippen LogP contribution in [0.1, 0.15) is 27.4 Å². The van der Waals surface area contributed by atoms with Crippen LogP contribution in [0.3, 0.4) is 0 Å². The number of oxime groups is 1. The molecule has 1 aromatic heterocycles. The van der Waals surface area contributed by atoms with Gasteiger partial charge in [-0.25, -0.2) is 4.79 Å². The topological polar surface area (TPSA) is 107 Å². The Morgan fingerprint density at radius 2 is 1.74 bits per heavy atom. The van der Waals surface area contributed by atoms with Crippen LogP contribution in [0.5, 0.6) is 11.5 Å². The number of hydrogen-bond donors (Lipinski definition) is 1. The zero-order valence-electron chi connectivity index (χ0n) is 19.3. The molecule has 178 valence electrons. The number of aryl methyl sites for hydroxylation is 1. The Kier molecular flexibility index (Phi) is 7.42. The van der Waals surface area contributed by atoms with Gasteiger partial charge in [0.2, 0.25) is 6.61 Å². The lowest BCUT2D eigenvalue weighted by Gasteiger charge is -2.09. The van der Waals surface area contributed by atoms with Gasteiger partial charge in [0.15, 0.2) is 11.4 Å². The van der Waals surface area contributed by atoms with Crippen molar-refractivity contribution in [3.8, 4) is 22.6 Å². The molecule has 0 fully saturated rings. The molecule has 0 unspecified atom stereocenters. The molecule has 0 aliphatic carbocycles. The van der Waals surface area contributed by atoms with Crippen molar-refractivity contribution in [3.05, 3.63) is 101 Å². The standard InChI is InChI=1S/C27H24N2O6/c1-18-25(26(27(30)31)29-35-18)21-10-14-23(15-11-21)33-16-19-8-12-22(13-9-19)34-17-24(28-32-2)20-6-4-3-5-7-20/h3-15H,16-17H2,1-2H3,(H,30,31)/p+1/b28-24-. The number of aromatic nitrogens is 1. The normalized spacial score (nSPS) is 11.2. The predicted molar refractivity (Wildman–Crippen MR) is 131 cm³/mol. The summed E-state index contributed by atoms with van der Waals surface area (Å²) in [6.45, 7) is 2.46. The second-order valence-corrected chi connectivity index (χ2v) is 7.65. The number of benzene rings is 3. The lowest BCUT2D eigenvalue weighted by Crippen LogP contribution is -2.11. The molecule has 4 aromatic rings. The molecular formula is C27H25N2O6+. The van der Waals surface area contributed by atoms with Gasteiger partial charge in [-0.15, -0.1) is 0 Å². The highest BCUT2D eigenvalue weighted by molar-refractivity contribution is 6.01. The fourth-order valence-electron chi connectivity index (χ4n) is 3.52. The van der Waals surface area contributed by atoms with E-state index < -0.39 is 5.97 Å². The Morgan fingerprint density at radius 1 is 1.03 bits per heavy atom. The first kappa shape index (κ1) is 23.6. The minimum atomic E-state index is -1.13. The molecule has 35 heavy (non-hydrogen) atoms. The van der Waals surface area contributed by atoms with Crippen molar-refractivity contribution in [2.24, 2.45) is 5.16 Å². The van der Waals surface area contributed by atoms with Crippen molar-refractivity contribution in [2.75, 3.05) is 13.7 Å². The van der Waals surface area contributed by atoms with Gasteiger partial charge in [-0.3, -0.25) is 0 Å². The maximum absolute atomic E-state index is 11.4. The smallest absolute Gasteiger partial charge is 0.358 e. The zero-order valence-corrected chi connectivity index (χ0v) is 19.3. The number of aromatic carboxylic acids is 1. The van der Waals surface area contributed by atoms with Crippen LogP contribution >= 0.6 is 0 Å². The van der Waals surface area contributed by atoms with Crippen molar-refractivity contribution >= 4 is 11.7 Å². The molecule has 0 saturated carbocycles. The number of hydrogen-bond acceptors (Lipinski definition) is 6. The Morgan fingerprint density at radius 3 is 2.40 bits per heavy atom. The summed E-state index contributed by atoms with van der Waals surface area (Å²) in [6.07, 6.45) is 0. The molecule has 0 aliphatic heterocycles. The fourth-order valence-corrected chi connectivity index (χ4v) is 3.52. The van der Waals surface area contributed by atoms with Gasteiger partial charge in [0, 0.05) is 17.7 Å². The van der Waals surface area contributed by atoms with Crippen LogP contribution in [0.25, 0.3) is 11.1 Å². The molecule has 3 aromatic carbocycles. The van der Waals surface area contributed by atoms with Crippen molar-refractivity contribution in [1.29, 1.82) is 0 Å². The van der Waals surface area contributed by atoms with E-state index in [0.29, 0.717) is 35.9 Å². The lowest BCUT2D eigenvalue weighted by atomic mass is 10.0. The van der Waals surface area contributed by atoms with E-state index in [-0.39, 0.29) is 5.69 Å². The monoisotopic (exact) mass is 473 g/mol. The second kappa shape index (κ2) is 11.0.